The van der Waals surface area contributed by atoms with Crippen LogP contribution in [0.4, 0.5) is 11.4 Å². The van der Waals surface area contributed by atoms with Crippen LogP contribution in [0.1, 0.15) is 36.5 Å². The van der Waals surface area contributed by atoms with Crippen LogP contribution in [0.5, 0.6) is 0 Å². The number of nitrogens with zero attached hydrogens (tertiary/aromatic N) is 1. The second-order valence-electron chi connectivity index (χ2n) is 6.26. The Morgan fingerprint density at radius 1 is 1.19 bits per heavy atom. The Kier molecular flexibility index (Phi) is 3.76. The topological polar surface area (TPSA) is 64.6 Å². The largest absolute Gasteiger partial charge is 0.390 e. The third-order valence-corrected chi connectivity index (χ3v) is 4.37. The molecule has 3 N–H and O–H groups in total. The molecule has 1 fully saturated rings. The molecule has 1 aromatic rings. The quantitative estimate of drug-likeness (QED) is 0.739. The Hall–Kier alpha value is -1.75. The number of amides is 1. The van der Waals surface area contributed by atoms with Crippen molar-refractivity contribution in [2.75, 3.05) is 36.8 Å². The average Bonchev–Trinajstić information content (AvgIpc) is 2.67. The SMILES string of the molecule is CC1(O)CCCN(C(=O)c2ccc3c(c2)NCCN3)CC1. The molecule has 2 aliphatic heterocycles. The first-order valence-corrected chi connectivity index (χ1v) is 7.69. The highest BCUT2D eigenvalue weighted by Gasteiger charge is 2.27. The van der Waals surface area contributed by atoms with Crippen molar-refractivity contribution in [3.05, 3.63) is 23.8 Å². The van der Waals surface area contributed by atoms with Crippen molar-refractivity contribution in [1.29, 1.82) is 0 Å². The third kappa shape index (κ3) is 3.13. The zero-order valence-corrected chi connectivity index (χ0v) is 12.5. The smallest absolute Gasteiger partial charge is 0.253 e. The highest BCUT2D eigenvalue weighted by molar-refractivity contribution is 5.96. The van der Waals surface area contributed by atoms with Crippen LogP contribution in [0.25, 0.3) is 0 Å². The van der Waals surface area contributed by atoms with Gasteiger partial charge in [-0.05, 0) is 44.4 Å². The summed E-state index contributed by atoms with van der Waals surface area (Å²) in [7, 11) is 0. The summed E-state index contributed by atoms with van der Waals surface area (Å²) in [6, 6.07) is 5.76. The number of rotatable bonds is 1. The minimum Gasteiger partial charge on any atom is -0.390 e. The van der Waals surface area contributed by atoms with Crippen LogP contribution in [0.15, 0.2) is 18.2 Å². The molecule has 1 atom stereocenters. The first-order valence-electron chi connectivity index (χ1n) is 7.69. The van der Waals surface area contributed by atoms with Gasteiger partial charge in [0.15, 0.2) is 0 Å². The fourth-order valence-corrected chi connectivity index (χ4v) is 3.02. The zero-order chi connectivity index (χ0) is 14.9. The van der Waals surface area contributed by atoms with Gasteiger partial charge < -0.3 is 20.6 Å². The number of hydrogen-bond acceptors (Lipinski definition) is 4. The van der Waals surface area contributed by atoms with E-state index in [0.717, 1.165) is 43.9 Å². The Labute approximate surface area is 125 Å². The van der Waals surface area contributed by atoms with Crippen LogP contribution in [0.3, 0.4) is 0 Å². The molecule has 5 heteroatoms. The molecule has 114 valence electrons. The van der Waals surface area contributed by atoms with E-state index in [4.69, 9.17) is 0 Å². The van der Waals surface area contributed by atoms with Crippen LogP contribution in [-0.4, -0.2) is 47.7 Å². The van der Waals surface area contributed by atoms with Gasteiger partial charge in [0.25, 0.3) is 5.91 Å². The lowest BCUT2D eigenvalue weighted by Crippen LogP contribution is -2.33. The number of benzene rings is 1. The molecular weight excluding hydrogens is 266 g/mol. The van der Waals surface area contributed by atoms with Crippen molar-refractivity contribution in [2.24, 2.45) is 0 Å². The maximum absolute atomic E-state index is 12.6. The van der Waals surface area contributed by atoms with Crippen molar-refractivity contribution in [3.63, 3.8) is 0 Å². The molecule has 0 aromatic heterocycles. The molecule has 0 bridgehead atoms. The second kappa shape index (κ2) is 5.56. The number of anilines is 2. The summed E-state index contributed by atoms with van der Waals surface area (Å²) in [5.74, 6) is 0.0582. The molecule has 1 saturated heterocycles. The van der Waals surface area contributed by atoms with E-state index in [1.54, 1.807) is 0 Å². The number of nitrogens with one attached hydrogen (secondary N) is 2. The standard InChI is InChI=1S/C16H23N3O2/c1-16(21)5-2-9-19(10-6-16)15(20)12-3-4-13-14(11-12)18-8-7-17-13/h3-4,11,17-18,21H,2,5-10H2,1H3. The Morgan fingerprint density at radius 3 is 2.76 bits per heavy atom. The summed E-state index contributed by atoms with van der Waals surface area (Å²) in [5, 5.41) is 16.7. The van der Waals surface area contributed by atoms with Crippen molar-refractivity contribution in [1.82, 2.24) is 4.90 Å². The molecule has 2 heterocycles. The molecule has 1 unspecified atom stereocenters. The van der Waals surface area contributed by atoms with Crippen LogP contribution in [0, 0.1) is 0 Å². The number of likely N-dealkylation sites (tertiary alicyclic amines) is 1. The Bertz CT molecular complexity index is 542. The molecule has 1 aromatic carbocycles. The number of fused-ring (bicyclic) bond motifs is 1. The number of carbonyl (C=O) groups excluding carboxylic acids is 1. The second-order valence-corrected chi connectivity index (χ2v) is 6.26. The van der Waals surface area contributed by atoms with Crippen LogP contribution < -0.4 is 10.6 Å². The van der Waals surface area contributed by atoms with Gasteiger partial charge in [0.1, 0.15) is 0 Å². The summed E-state index contributed by atoms with van der Waals surface area (Å²) in [6.07, 6.45) is 2.25. The molecule has 2 aliphatic rings. The summed E-state index contributed by atoms with van der Waals surface area (Å²) in [5.41, 5.74) is 2.12. The highest BCUT2D eigenvalue weighted by atomic mass is 16.3. The molecule has 1 amide bonds. The fourth-order valence-electron chi connectivity index (χ4n) is 3.02. The summed E-state index contributed by atoms with van der Waals surface area (Å²) >= 11 is 0. The number of hydrogen-bond donors (Lipinski definition) is 3. The Morgan fingerprint density at radius 2 is 1.95 bits per heavy atom. The predicted molar refractivity (Wildman–Crippen MR) is 83.8 cm³/mol. The lowest BCUT2D eigenvalue weighted by molar-refractivity contribution is 0.0438. The third-order valence-electron chi connectivity index (χ3n) is 4.37. The molecule has 5 nitrogen and oxygen atoms in total. The van der Waals surface area contributed by atoms with E-state index in [2.05, 4.69) is 10.6 Å². The van der Waals surface area contributed by atoms with E-state index in [1.807, 2.05) is 30.0 Å². The lowest BCUT2D eigenvalue weighted by Gasteiger charge is -2.24. The molecule has 0 radical (unpaired) electrons. The molecule has 3 rings (SSSR count). The number of aliphatic hydroxyl groups is 1. The predicted octanol–water partition coefficient (Wildman–Crippen LogP) is 1.90. The van der Waals surface area contributed by atoms with Crippen LogP contribution >= 0.6 is 0 Å². The monoisotopic (exact) mass is 289 g/mol. The summed E-state index contributed by atoms with van der Waals surface area (Å²) < 4.78 is 0. The van der Waals surface area contributed by atoms with Gasteiger partial charge in [-0.3, -0.25) is 4.79 Å². The van der Waals surface area contributed by atoms with Crippen LogP contribution in [0.2, 0.25) is 0 Å². The maximum atomic E-state index is 12.6. The maximum Gasteiger partial charge on any atom is 0.253 e. The van der Waals surface area contributed by atoms with E-state index in [0.29, 0.717) is 18.5 Å². The van der Waals surface area contributed by atoms with Gasteiger partial charge in [0.05, 0.1) is 17.0 Å². The lowest BCUT2D eigenvalue weighted by atomic mass is 9.98. The van der Waals surface area contributed by atoms with E-state index in [-0.39, 0.29) is 5.91 Å². The van der Waals surface area contributed by atoms with Gasteiger partial charge in [0.2, 0.25) is 0 Å². The minimum absolute atomic E-state index is 0.0582. The molecule has 0 saturated carbocycles. The van der Waals surface area contributed by atoms with E-state index in [9.17, 15) is 9.90 Å². The summed E-state index contributed by atoms with van der Waals surface area (Å²) in [6.45, 7) is 4.97. The van der Waals surface area contributed by atoms with Gasteiger partial charge in [-0.25, -0.2) is 0 Å². The molecule has 21 heavy (non-hydrogen) atoms. The highest BCUT2D eigenvalue weighted by Crippen LogP contribution is 2.27. The average molecular weight is 289 g/mol. The van der Waals surface area contributed by atoms with E-state index >= 15 is 0 Å². The van der Waals surface area contributed by atoms with E-state index in [1.165, 1.54) is 0 Å². The van der Waals surface area contributed by atoms with Crippen LogP contribution in [-0.2, 0) is 0 Å². The van der Waals surface area contributed by atoms with Crippen molar-refractivity contribution in [3.8, 4) is 0 Å². The molecule has 0 spiro atoms. The normalized spacial score (nSPS) is 25.3. The van der Waals surface area contributed by atoms with Gasteiger partial charge in [-0.1, -0.05) is 0 Å². The van der Waals surface area contributed by atoms with Crippen molar-refractivity contribution < 1.29 is 9.90 Å². The first kappa shape index (κ1) is 14.2. The molecular formula is C16H23N3O2. The fraction of sp³-hybridized carbons (Fsp3) is 0.562. The summed E-state index contributed by atoms with van der Waals surface area (Å²) in [4.78, 5) is 14.5. The Balaban J connectivity index is 1.75. The minimum atomic E-state index is -0.643. The van der Waals surface area contributed by atoms with Crippen molar-refractivity contribution >= 4 is 17.3 Å². The van der Waals surface area contributed by atoms with E-state index < -0.39 is 5.60 Å². The van der Waals surface area contributed by atoms with Gasteiger partial charge >= 0.3 is 0 Å². The van der Waals surface area contributed by atoms with Gasteiger partial charge in [0, 0.05) is 31.7 Å². The van der Waals surface area contributed by atoms with Gasteiger partial charge in [-0.15, -0.1) is 0 Å². The van der Waals surface area contributed by atoms with Gasteiger partial charge in [-0.2, -0.15) is 0 Å². The van der Waals surface area contributed by atoms with Crippen molar-refractivity contribution in [2.45, 2.75) is 31.8 Å². The zero-order valence-electron chi connectivity index (χ0n) is 12.5. The number of carbonyl (C=O) groups is 1. The molecule has 0 aliphatic carbocycles. The first-order chi connectivity index (χ1) is 10.1.